The van der Waals surface area contributed by atoms with Gasteiger partial charge in [-0.2, -0.15) is 0 Å². The van der Waals surface area contributed by atoms with Gasteiger partial charge in [-0.25, -0.2) is 0 Å². The summed E-state index contributed by atoms with van der Waals surface area (Å²) in [5.41, 5.74) is 6.81. The van der Waals surface area contributed by atoms with Gasteiger partial charge in [-0.1, -0.05) is 5.16 Å². The van der Waals surface area contributed by atoms with E-state index in [-0.39, 0.29) is 12.4 Å². The normalized spacial score (nSPS) is 24.8. The van der Waals surface area contributed by atoms with Crippen LogP contribution in [0.15, 0.2) is 10.6 Å². The molecule has 104 valence electrons. The van der Waals surface area contributed by atoms with Crippen LogP contribution in [-0.4, -0.2) is 42.4 Å². The highest BCUT2D eigenvalue weighted by molar-refractivity contribution is 5.85. The fourth-order valence-corrected chi connectivity index (χ4v) is 2.43. The molecular formula is C12H22ClN3O2. The van der Waals surface area contributed by atoms with Crippen molar-refractivity contribution in [2.75, 3.05) is 20.2 Å². The van der Waals surface area contributed by atoms with Crippen LogP contribution >= 0.6 is 12.4 Å². The van der Waals surface area contributed by atoms with Crippen molar-refractivity contribution in [3.05, 3.63) is 17.5 Å². The number of piperidine rings is 1. The van der Waals surface area contributed by atoms with E-state index in [9.17, 15) is 0 Å². The van der Waals surface area contributed by atoms with Gasteiger partial charge in [-0.3, -0.25) is 4.90 Å². The third-order valence-corrected chi connectivity index (χ3v) is 3.44. The highest BCUT2D eigenvalue weighted by Crippen LogP contribution is 2.21. The lowest BCUT2D eigenvalue weighted by Gasteiger charge is -2.37. The van der Waals surface area contributed by atoms with Gasteiger partial charge in [-0.15, -0.1) is 12.4 Å². The van der Waals surface area contributed by atoms with Crippen molar-refractivity contribution in [1.82, 2.24) is 10.1 Å². The molecule has 0 bridgehead atoms. The number of methoxy groups -OCH3 is 1. The Morgan fingerprint density at radius 1 is 1.61 bits per heavy atom. The van der Waals surface area contributed by atoms with Crippen LogP contribution in [0.25, 0.3) is 0 Å². The van der Waals surface area contributed by atoms with Gasteiger partial charge in [0.05, 0.1) is 11.8 Å². The van der Waals surface area contributed by atoms with Crippen LogP contribution in [0.3, 0.4) is 0 Å². The molecule has 1 saturated heterocycles. The molecule has 0 saturated carbocycles. The third-order valence-electron chi connectivity index (χ3n) is 3.44. The number of hydrogen-bond donors (Lipinski definition) is 1. The van der Waals surface area contributed by atoms with Gasteiger partial charge >= 0.3 is 0 Å². The van der Waals surface area contributed by atoms with Gasteiger partial charge in [0.25, 0.3) is 0 Å². The summed E-state index contributed by atoms with van der Waals surface area (Å²) in [6.45, 7) is 4.40. The first kappa shape index (κ1) is 15.4. The standard InChI is InChI=1S/C12H21N3O2.ClH/c1-9-5-10(14-17-9)8-15-4-3-12(16-2)6-11(15)7-13;/h5,11-12H,3-4,6-8,13H2,1-2H3;1H. The van der Waals surface area contributed by atoms with E-state index in [2.05, 4.69) is 10.1 Å². The second kappa shape index (κ2) is 7.09. The largest absolute Gasteiger partial charge is 0.381 e. The van der Waals surface area contributed by atoms with E-state index >= 15 is 0 Å². The predicted molar refractivity (Wildman–Crippen MR) is 71.8 cm³/mol. The summed E-state index contributed by atoms with van der Waals surface area (Å²) in [6, 6.07) is 2.36. The Hall–Kier alpha value is -0.620. The van der Waals surface area contributed by atoms with Gasteiger partial charge in [0.15, 0.2) is 0 Å². The van der Waals surface area contributed by atoms with Crippen LogP contribution in [0.1, 0.15) is 24.3 Å². The first-order valence-corrected chi connectivity index (χ1v) is 6.12. The molecule has 2 heterocycles. The summed E-state index contributed by atoms with van der Waals surface area (Å²) in [4.78, 5) is 2.37. The topological polar surface area (TPSA) is 64.5 Å². The summed E-state index contributed by atoms with van der Waals surface area (Å²) >= 11 is 0. The van der Waals surface area contributed by atoms with E-state index in [0.717, 1.165) is 37.4 Å². The molecule has 0 spiro atoms. The Morgan fingerprint density at radius 2 is 2.39 bits per heavy atom. The van der Waals surface area contributed by atoms with Crippen molar-refractivity contribution in [2.24, 2.45) is 5.73 Å². The van der Waals surface area contributed by atoms with Crippen molar-refractivity contribution >= 4 is 12.4 Å². The molecule has 1 fully saturated rings. The van der Waals surface area contributed by atoms with Gasteiger partial charge in [0, 0.05) is 38.9 Å². The van der Waals surface area contributed by atoms with Crippen LogP contribution in [0, 0.1) is 6.92 Å². The average molecular weight is 276 g/mol. The number of rotatable bonds is 4. The Morgan fingerprint density at radius 3 is 2.94 bits per heavy atom. The molecule has 2 atom stereocenters. The summed E-state index contributed by atoms with van der Waals surface area (Å²) in [5, 5.41) is 4.03. The van der Waals surface area contributed by atoms with E-state index in [1.165, 1.54) is 0 Å². The van der Waals surface area contributed by atoms with Crippen molar-refractivity contribution in [2.45, 2.75) is 38.5 Å². The minimum atomic E-state index is 0. The van der Waals surface area contributed by atoms with E-state index in [4.69, 9.17) is 15.0 Å². The fraction of sp³-hybridized carbons (Fsp3) is 0.750. The average Bonchev–Trinajstić information content (AvgIpc) is 2.75. The molecule has 1 aliphatic rings. The molecule has 0 amide bonds. The minimum Gasteiger partial charge on any atom is -0.381 e. The van der Waals surface area contributed by atoms with Crippen molar-refractivity contribution in [1.29, 1.82) is 0 Å². The molecule has 18 heavy (non-hydrogen) atoms. The maximum Gasteiger partial charge on any atom is 0.133 e. The molecule has 1 aromatic rings. The molecule has 0 aromatic carbocycles. The summed E-state index contributed by atoms with van der Waals surface area (Å²) < 4.78 is 10.5. The smallest absolute Gasteiger partial charge is 0.133 e. The number of likely N-dealkylation sites (tertiary alicyclic amines) is 1. The summed E-state index contributed by atoms with van der Waals surface area (Å²) in [5.74, 6) is 0.857. The number of hydrogen-bond acceptors (Lipinski definition) is 5. The second-order valence-corrected chi connectivity index (χ2v) is 4.67. The Balaban J connectivity index is 0.00000162. The van der Waals surface area contributed by atoms with Gasteiger partial charge in [0.1, 0.15) is 5.76 Å². The van der Waals surface area contributed by atoms with Gasteiger partial charge in [0.2, 0.25) is 0 Å². The minimum absolute atomic E-state index is 0. The predicted octanol–water partition coefficient (Wildman–Crippen LogP) is 1.34. The number of nitrogens with zero attached hydrogens (tertiary/aromatic N) is 2. The molecule has 5 nitrogen and oxygen atoms in total. The van der Waals surface area contributed by atoms with E-state index in [1.54, 1.807) is 7.11 Å². The number of halogens is 1. The lowest BCUT2D eigenvalue weighted by Crippen LogP contribution is -2.48. The third kappa shape index (κ3) is 3.68. The molecule has 2 unspecified atom stereocenters. The highest BCUT2D eigenvalue weighted by Gasteiger charge is 2.27. The molecular weight excluding hydrogens is 254 g/mol. The van der Waals surface area contributed by atoms with Crippen LogP contribution in [0.2, 0.25) is 0 Å². The number of aryl methyl sites for hydroxylation is 1. The fourth-order valence-electron chi connectivity index (χ4n) is 2.43. The molecule has 2 rings (SSSR count). The SMILES string of the molecule is COC1CCN(Cc2cc(C)on2)C(CN)C1.Cl. The first-order valence-electron chi connectivity index (χ1n) is 6.12. The van der Waals surface area contributed by atoms with Crippen molar-refractivity contribution in [3.8, 4) is 0 Å². The molecule has 0 radical (unpaired) electrons. The van der Waals surface area contributed by atoms with Crippen molar-refractivity contribution in [3.63, 3.8) is 0 Å². The second-order valence-electron chi connectivity index (χ2n) is 4.67. The van der Waals surface area contributed by atoms with E-state index in [1.807, 2.05) is 13.0 Å². The number of nitrogens with two attached hydrogens (primary N) is 1. The quantitative estimate of drug-likeness (QED) is 0.898. The molecule has 2 N–H and O–H groups in total. The lowest BCUT2D eigenvalue weighted by atomic mass is 9.99. The van der Waals surface area contributed by atoms with E-state index < -0.39 is 0 Å². The highest BCUT2D eigenvalue weighted by atomic mass is 35.5. The van der Waals surface area contributed by atoms with Gasteiger partial charge < -0.3 is 15.0 Å². The summed E-state index contributed by atoms with van der Waals surface area (Å²) in [6.07, 6.45) is 2.41. The van der Waals surface area contributed by atoms with Gasteiger partial charge in [-0.05, 0) is 19.8 Å². The Labute approximate surface area is 114 Å². The molecule has 0 aliphatic carbocycles. The number of aromatic nitrogens is 1. The van der Waals surface area contributed by atoms with Crippen LogP contribution in [0.4, 0.5) is 0 Å². The lowest BCUT2D eigenvalue weighted by molar-refractivity contribution is 0.00949. The monoisotopic (exact) mass is 275 g/mol. The number of ether oxygens (including phenoxy) is 1. The van der Waals surface area contributed by atoms with Crippen LogP contribution < -0.4 is 5.73 Å². The van der Waals surface area contributed by atoms with Crippen molar-refractivity contribution < 1.29 is 9.26 Å². The zero-order valence-corrected chi connectivity index (χ0v) is 11.8. The zero-order valence-electron chi connectivity index (χ0n) is 11.0. The first-order chi connectivity index (χ1) is 8.22. The maximum absolute atomic E-state index is 5.83. The Bertz CT molecular complexity index is 359. The van der Waals surface area contributed by atoms with Crippen LogP contribution in [-0.2, 0) is 11.3 Å². The maximum atomic E-state index is 5.83. The Kier molecular flexibility index (Phi) is 6.08. The summed E-state index contributed by atoms with van der Waals surface area (Å²) in [7, 11) is 1.77. The molecule has 6 heteroatoms. The molecule has 1 aliphatic heterocycles. The molecule has 1 aromatic heterocycles. The zero-order chi connectivity index (χ0) is 12.3. The van der Waals surface area contributed by atoms with Crippen LogP contribution in [0.5, 0.6) is 0 Å². The van der Waals surface area contributed by atoms with E-state index in [0.29, 0.717) is 18.7 Å².